The highest BCUT2D eigenvalue weighted by Gasteiger charge is 2.32. The molecule has 1 saturated heterocycles. The lowest BCUT2D eigenvalue weighted by Crippen LogP contribution is -2.43. The predicted octanol–water partition coefficient (Wildman–Crippen LogP) is 4.65. The van der Waals surface area contributed by atoms with Crippen molar-refractivity contribution in [2.45, 2.75) is 25.6 Å². The van der Waals surface area contributed by atoms with E-state index in [0.29, 0.717) is 30.9 Å². The van der Waals surface area contributed by atoms with Gasteiger partial charge >= 0.3 is 12.3 Å². The largest absolute Gasteiger partial charge is 0.457 e. The zero-order valence-corrected chi connectivity index (χ0v) is 17.0. The predicted molar refractivity (Wildman–Crippen MR) is 106 cm³/mol. The molecule has 6 nitrogen and oxygen atoms in total. The molecule has 0 atom stereocenters. The Morgan fingerprint density at radius 2 is 1.53 bits per heavy atom. The number of hydrogen-bond donors (Lipinski definition) is 1. The van der Waals surface area contributed by atoms with Crippen molar-refractivity contribution >= 4 is 12.0 Å². The van der Waals surface area contributed by atoms with E-state index >= 15 is 0 Å². The number of amides is 2. The Morgan fingerprint density at radius 1 is 0.969 bits per heavy atom. The lowest BCUT2D eigenvalue weighted by molar-refractivity contribution is -0.162. The Bertz CT molecular complexity index is 909. The third kappa shape index (κ3) is 7.14. The highest BCUT2D eigenvalue weighted by Crippen LogP contribution is 2.23. The summed E-state index contributed by atoms with van der Waals surface area (Å²) in [6, 6.07) is 12.7. The van der Waals surface area contributed by atoms with Crippen LogP contribution in [-0.2, 0) is 16.1 Å². The number of carbonyl (C=O) groups is 2. The van der Waals surface area contributed by atoms with Crippen LogP contribution < -0.4 is 10.1 Å². The Balaban J connectivity index is 1.40. The van der Waals surface area contributed by atoms with Gasteiger partial charge in [0.05, 0.1) is 0 Å². The number of piperidine rings is 1. The van der Waals surface area contributed by atoms with E-state index in [1.807, 2.05) is 0 Å². The summed E-state index contributed by atoms with van der Waals surface area (Å²) in [4.78, 5) is 25.2. The van der Waals surface area contributed by atoms with E-state index in [-0.39, 0.29) is 30.7 Å². The molecule has 0 aliphatic carbocycles. The second kappa shape index (κ2) is 10.3. The van der Waals surface area contributed by atoms with E-state index in [1.165, 1.54) is 29.2 Å². The number of nitrogens with zero attached hydrogens (tertiary/aromatic N) is 1. The highest BCUT2D eigenvalue weighted by atomic mass is 19.4. The van der Waals surface area contributed by atoms with Gasteiger partial charge in [-0.1, -0.05) is 12.1 Å². The van der Waals surface area contributed by atoms with Crippen LogP contribution in [-0.4, -0.2) is 42.8 Å². The first kappa shape index (κ1) is 23.4. The number of carbonyl (C=O) groups excluding carboxylic acids is 2. The molecular weight excluding hydrogens is 432 g/mol. The normalized spacial score (nSPS) is 14.7. The first-order chi connectivity index (χ1) is 15.2. The summed E-state index contributed by atoms with van der Waals surface area (Å²) < 4.78 is 59.2. The molecule has 172 valence electrons. The minimum Gasteiger partial charge on any atom is -0.457 e. The van der Waals surface area contributed by atoms with Crippen LogP contribution in [0.25, 0.3) is 0 Å². The minimum atomic E-state index is -4.57. The van der Waals surface area contributed by atoms with Gasteiger partial charge in [0.25, 0.3) is 0 Å². The van der Waals surface area contributed by atoms with Gasteiger partial charge in [-0.15, -0.1) is 0 Å². The zero-order chi connectivity index (χ0) is 23.1. The van der Waals surface area contributed by atoms with Gasteiger partial charge in [-0.05, 0) is 54.8 Å². The summed E-state index contributed by atoms with van der Waals surface area (Å²) >= 11 is 0. The molecule has 2 aromatic carbocycles. The molecule has 10 heteroatoms. The van der Waals surface area contributed by atoms with Gasteiger partial charge in [0.2, 0.25) is 5.91 Å². The van der Waals surface area contributed by atoms with Crippen LogP contribution in [0.15, 0.2) is 48.5 Å². The summed E-state index contributed by atoms with van der Waals surface area (Å²) in [7, 11) is 0. The van der Waals surface area contributed by atoms with E-state index in [2.05, 4.69) is 10.1 Å². The molecule has 0 radical (unpaired) electrons. The summed E-state index contributed by atoms with van der Waals surface area (Å²) in [5, 5.41) is 2.83. The lowest BCUT2D eigenvalue weighted by Gasteiger charge is -2.30. The molecule has 0 saturated carbocycles. The van der Waals surface area contributed by atoms with Crippen LogP contribution in [0, 0.1) is 11.7 Å². The van der Waals surface area contributed by atoms with Crippen molar-refractivity contribution in [3.8, 4) is 11.5 Å². The third-order valence-corrected chi connectivity index (χ3v) is 4.92. The van der Waals surface area contributed by atoms with Crippen LogP contribution in [0.4, 0.5) is 22.4 Å². The van der Waals surface area contributed by atoms with Crippen LogP contribution in [0.1, 0.15) is 18.4 Å². The maximum atomic E-state index is 12.9. The number of ether oxygens (including phenoxy) is 2. The molecule has 0 aromatic heterocycles. The van der Waals surface area contributed by atoms with Crippen molar-refractivity contribution < 1.29 is 36.6 Å². The van der Waals surface area contributed by atoms with Crippen molar-refractivity contribution in [3.05, 3.63) is 59.9 Å². The standard InChI is InChI=1S/C22H22F4N2O4/c23-17-3-7-19(8-4-17)32-18-5-1-15(2-6-18)13-27-20(29)16-9-11-28(12-10-16)21(30)31-14-22(24,25)26/h1-8,16H,9-14H2,(H,27,29). The van der Waals surface area contributed by atoms with Crippen LogP contribution in [0.2, 0.25) is 0 Å². The van der Waals surface area contributed by atoms with E-state index in [0.717, 1.165) is 5.56 Å². The van der Waals surface area contributed by atoms with Gasteiger partial charge in [0.15, 0.2) is 6.61 Å². The molecule has 3 rings (SSSR count). The van der Waals surface area contributed by atoms with Crippen LogP contribution in [0.3, 0.4) is 0 Å². The second-order valence-corrected chi connectivity index (χ2v) is 7.35. The third-order valence-electron chi connectivity index (χ3n) is 4.92. The number of benzene rings is 2. The smallest absolute Gasteiger partial charge is 0.422 e. The molecule has 1 fully saturated rings. The molecule has 1 aliphatic rings. The summed E-state index contributed by atoms with van der Waals surface area (Å²) in [5.41, 5.74) is 0.845. The Labute approximate surface area is 182 Å². The minimum absolute atomic E-state index is 0.157. The first-order valence-electron chi connectivity index (χ1n) is 9.98. The van der Waals surface area contributed by atoms with Crippen molar-refractivity contribution in [1.29, 1.82) is 0 Å². The van der Waals surface area contributed by atoms with Crippen LogP contribution in [0.5, 0.6) is 11.5 Å². The zero-order valence-electron chi connectivity index (χ0n) is 17.0. The van der Waals surface area contributed by atoms with Gasteiger partial charge in [-0.2, -0.15) is 13.2 Å². The fraction of sp³-hybridized carbons (Fsp3) is 0.364. The van der Waals surface area contributed by atoms with Gasteiger partial charge < -0.3 is 19.7 Å². The average molecular weight is 454 g/mol. The number of halogens is 4. The van der Waals surface area contributed by atoms with E-state index in [4.69, 9.17) is 4.74 Å². The SMILES string of the molecule is O=C(NCc1ccc(Oc2ccc(F)cc2)cc1)C1CCN(C(=O)OCC(F)(F)F)CC1. The van der Waals surface area contributed by atoms with Crippen molar-refractivity contribution in [2.75, 3.05) is 19.7 Å². The molecule has 0 spiro atoms. The van der Waals surface area contributed by atoms with Gasteiger partial charge in [-0.3, -0.25) is 4.79 Å². The molecule has 1 heterocycles. The van der Waals surface area contributed by atoms with E-state index in [1.54, 1.807) is 24.3 Å². The molecule has 2 aromatic rings. The van der Waals surface area contributed by atoms with Crippen LogP contribution >= 0.6 is 0 Å². The maximum Gasteiger partial charge on any atom is 0.422 e. The lowest BCUT2D eigenvalue weighted by atomic mass is 9.96. The summed E-state index contributed by atoms with van der Waals surface area (Å²) in [6.45, 7) is -1.02. The first-order valence-corrected chi connectivity index (χ1v) is 9.98. The Morgan fingerprint density at radius 3 is 2.09 bits per heavy atom. The second-order valence-electron chi connectivity index (χ2n) is 7.35. The quantitative estimate of drug-likeness (QED) is 0.646. The Hall–Kier alpha value is -3.30. The average Bonchev–Trinajstić information content (AvgIpc) is 2.78. The van der Waals surface area contributed by atoms with Gasteiger partial charge in [-0.25, -0.2) is 9.18 Å². The highest BCUT2D eigenvalue weighted by molar-refractivity contribution is 5.79. The molecule has 2 amide bonds. The van der Waals surface area contributed by atoms with Gasteiger partial charge in [0.1, 0.15) is 17.3 Å². The molecule has 0 bridgehead atoms. The molecular formula is C22H22F4N2O4. The monoisotopic (exact) mass is 454 g/mol. The number of likely N-dealkylation sites (tertiary alicyclic amines) is 1. The fourth-order valence-corrected chi connectivity index (χ4v) is 3.21. The fourth-order valence-electron chi connectivity index (χ4n) is 3.21. The maximum absolute atomic E-state index is 12.9. The van der Waals surface area contributed by atoms with Crippen molar-refractivity contribution in [3.63, 3.8) is 0 Å². The van der Waals surface area contributed by atoms with Gasteiger partial charge in [0, 0.05) is 25.6 Å². The summed E-state index contributed by atoms with van der Waals surface area (Å²) in [6.07, 6.45) is -4.90. The van der Waals surface area contributed by atoms with Crippen molar-refractivity contribution in [2.24, 2.45) is 5.92 Å². The summed E-state index contributed by atoms with van der Waals surface area (Å²) in [5.74, 6) is 0.204. The van der Waals surface area contributed by atoms with E-state index in [9.17, 15) is 27.2 Å². The molecule has 1 aliphatic heterocycles. The molecule has 0 unspecified atom stereocenters. The van der Waals surface area contributed by atoms with Crippen molar-refractivity contribution in [1.82, 2.24) is 10.2 Å². The number of nitrogens with one attached hydrogen (secondary N) is 1. The topological polar surface area (TPSA) is 67.9 Å². The molecule has 1 N–H and O–H groups in total. The number of rotatable bonds is 6. The Kier molecular flexibility index (Phi) is 7.55. The number of alkyl halides is 3. The van der Waals surface area contributed by atoms with E-state index < -0.39 is 18.9 Å². The molecule has 32 heavy (non-hydrogen) atoms. The number of hydrogen-bond acceptors (Lipinski definition) is 4.